The maximum Gasteiger partial charge on any atom is -0.0623 e. The fourth-order valence-corrected chi connectivity index (χ4v) is 0.770. The minimum atomic E-state index is 0.194. The van der Waals surface area contributed by atoms with E-state index in [1.165, 1.54) is 0 Å². The molecule has 0 amide bonds. The van der Waals surface area contributed by atoms with Crippen molar-refractivity contribution in [2.24, 2.45) is 0 Å². The summed E-state index contributed by atoms with van der Waals surface area (Å²) in [6.07, 6.45) is 0. The van der Waals surface area contributed by atoms with E-state index in [4.69, 9.17) is 20.2 Å². The van der Waals surface area contributed by atoms with Crippen LogP contribution in [0.25, 0.3) is 0 Å². The molecule has 0 saturated heterocycles. The fourth-order valence-electron chi connectivity index (χ4n) is 0.770. The van der Waals surface area contributed by atoms with Gasteiger partial charge in [-0.25, -0.2) is 0 Å². The van der Waals surface area contributed by atoms with Gasteiger partial charge in [-0.3, -0.25) is 0 Å². The van der Waals surface area contributed by atoms with Gasteiger partial charge >= 0.3 is 33.3 Å². The SMILES string of the molecule is [Cl][Fe][Cl].c1ccccc1.c1ccccc1. The van der Waals surface area contributed by atoms with E-state index in [2.05, 4.69) is 0 Å². The van der Waals surface area contributed by atoms with E-state index < -0.39 is 0 Å². The molecule has 0 heterocycles. The molecule has 0 aromatic heterocycles. The van der Waals surface area contributed by atoms with Crippen LogP contribution in [0.4, 0.5) is 0 Å². The number of rotatable bonds is 0. The maximum atomic E-state index is 4.76. The van der Waals surface area contributed by atoms with E-state index in [1.807, 2.05) is 72.8 Å². The van der Waals surface area contributed by atoms with E-state index in [1.54, 1.807) is 0 Å². The molecule has 2 aromatic rings. The topological polar surface area (TPSA) is 0 Å². The predicted molar refractivity (Wildman–Crippen MR) is 64.6 cm³/mol. The van der Waals surface area contributed by atoms with Crippen molar-refractivity contribution in [3.05, 3.63) is 72.8 Å². The summed E-state index contributed by atoms with van der Waals surface area (Å²) in [5.74, 6) is 0. The second-order valence-corrected chi connectivity index (χ2v) is 4.18. The van der Waals surface area contributed by atoms with Crippen molar-refractivity contribution in [2.75, 3.05) is 0 Å². The van der Waals surface area contributed by atoms with Crippen molar-refractivity contribution in [2.45, 2.75) is 0 Å². The van der Waals surface area contributed by atoms with Crippen molar-refractivity contribution in [1.29, 1.82) is 0 Å². The van der Waals surface area contributed by atoms with Crippen LogP contribution in [0.2, 0.25) is 0 Å². The van der Waals surface area contributed by atoms with E-state index in [0.29, 0.717) is 0 Å². The molecule has 0 spiro atoms. The second-order valence-electron chi connectivity index (χ2n) is 2.36. The van der Waals surface area contributed by atoms with Crippen LogP contribution in [0.5, 0.6) is 0 Å². The standard InChI is InChI=1S/2C6H6.2ClH.Fe/c2*1-2-4-6-5-3-1;;;/h2*1-6H;2*1H;/q;;;;+2/p-2. The molecule has 0 atom stereocenters. The summed E-state index contributed by atoms with van der Waals surface area (Å²) in [7, 11) is 9.53. The van der Waals surface area contributed by atoms with Crippen LogP contribution in [-0.4, -0.2) is 0 Å². The fraction of sp³-hybridized carbons (Fsp3) is 0. The molecule has 0 N–H and O–H groups in total. The first-order valence-corrected chi connectivity index (χ1v) is 7.31. The van der Waals surface area contributed by atoms with Crippen molar-refractivity contribution in [3.63, 3.8) is 0 Å². The normalized spacial score (nSPS) is 7.87. The Labute approximate surface area is 106 Å². The maximum absolute atomic E-state index is 4.76. The average molecular weight is 283 g/mol. The van der Waals surface area contributed by atoms with Gasteiger partial charge < -0.3 is 0 Å². The van der Waals surface area contributed by atoms with Crippen LogP contribution in [-0.2, 0) is 13.1 Å². The zero-order chi connectivity index (χ0) is 11.2. The first-order valence-electron chi connectivity index (χ1n) is 4.27. The van der Waals surface area contributed by atoms with E-state index >= 15 is 0 Å². The number of hydrogen-bond donors (Lipinski definition) is 0. The molecule has 3 heteroatoms. The van der Waals surface area contributed by atoms with Gasteiger partial charge in [0.15, 0.2) is 0 Å². The molecule has 0 fully saturated rings. The Kier molecular flexibility index (Phi) is 13.1. The van der Waals surface area contributed by atoms with Crippen molar-refractivity contribution in [1.82, 2.24) is 0 Å². The molecule has 82 valence electrons. The third-order valence-corrected chi connectivity index (χ3v) is 1.33. The van der Waals surface area contributed by atoms with Crippen LogP contribution in [0, 0.1) is 0 Å². The summed E-state index contributed by atoms with van der Waals surface area (Å²) in [4.78, 5) is 0. The van der Waals surface area contributed by atoms with Gasteiger partial charge in [-0.1, -0.05) is 72.8 Å². The Balaban J connectivity index is 0.000000210. The largest absolute Gasteiger partial charge is 0.0623 e. The zero-order valence-electron chi connectivity index (χ0n) is 8.04. The van der Waals surface area contributed by atoms with Gasteiger partial charge in [-0.15, -0.1) is 0 Å². The third-order valence-electron chi connectivity index (χ3n) is 1.33. The van der Waals surface area contributed by atoms with E-state index in [9.17, 15) is 0 Å². The molecule has 15 heavy (non-hydrogen) atoms. The molecular weight excluding hydrogens is 271 g/mol. The second kappa shape index (κ2) is 13.5. The molecule has 2 aromatic carbocycles. The Bertz CT molecular complexity index is 202. The van der Waals surface area contributed by atoms with E-state index in [-0.39, 0.29) is 13.1 Å². The van der Waals surface area contributed by atoms with Gasteiger partial charge in [-0.05, 0) is 0 Å². The minimum Gasteiger partial charge on any atom is -0.0623 e. The molecule has 2 rings (SSSR count). The molecule has 0 saturated carbocycles. The first kappa shape index (κ1) is 14.5. The van der Waals surface area contributed by atoms with Crippen molar-refractivity contribution < 1.29 is 13.1 Å². The summed E-state index contributed by atoms with van der Waals surface area (Å²) in [5.41, 5.74) is 0. The van der Waals surface area contributed by atoms with Crippen LogP contribution in [0.3, 0.4) is 0 Å². The summed E-state index contributed by atoms with van der Waals surface area (Å²) in [6, 6.07) is 24.0. The molecule has 0 radical (unpaired) electrons. The summed E-state index contributed by atoms with van der Waals surface area (Å²) < 4.78 is 0. The molecule has 0 aliphatic rings. The predicted octanol–water partition coefficient (Wildman–Crippen LogP) is 4.75. The molecule has 0 unspecified atom stereocenters. The van der Waals surface area contributed by atoms with Gasteiger partial charge in [0.2, 0.25) is 0 Å². The van der Waals surface area contributed by atoms with Gasteiger partial charge in [0, 0.05) is 0 Å². The van der Waals surface area contributed by atoms with Crippen LogP contribution < -0.4 is 0 Å². The minimum absolute atomic E-state index is 0.194. The first-order chi connectivity index (χ1) is 7.41. The van der Waals surface area contributed by atoms with Crippen LogP contribution in [0.15, 0.2) is 72.8 Å². The smallest absolute Gasteiger partial charge is 0.0623 e. The molecule has 0 bridgehead atoms. The van der Waals surface area contributed by atoms with Crippen molar-refractivity contribution >= 4 is 20.2 Å². The summed E-state index contributed by atoms with van der Waals surface area (Å²) in [6.45, 7) is 0. The summed E-state index contributed by atoms with van der Waals surface area (Å²) >= 11 is 0.194. The third kappa shape index (κ3) is 13.5. The quantitative estimate of drug-likeness (QED) is 0.612. The van der Waals surface area contributed by atoms with Gasteiger partial charge in [0.25, 0.3) is 0 Å². The molecule has 0 aliphatic carbocycles. The van der Waals surface area contributed by atoms with Crippen LogP contribution >= 0.6 is 20.2 Å². The average Bonchev–Trinajstić information content (AvgIpc) is 2.35. The Hall–Kier alpha value is -0.461. The molecule has 0 nitrogen and oxygen atoms in total. The monoisotopic (exact) mass is 282 g/mol. The Morgan fingerprint density at radius 3 is 0.533 bits per heavy atom. The number of hydrogen-bond acceptors (Lipinski definition) is 0. The van der Waals surface area contributed by atoms with Gasteiger partial charge in [0.05, 0.1) is 0 Å². The number of halogens is 2. The van der Waals surface area contributed by atoms with Crippen molar-refractivity contribution in [3.8, 4) is 0 Å². The Morgan fingerprint density at radius 2 is 0.467 bits per heavy atom. The molecule has 0 aliphatic heterocycles. The zero-order valence-corrected chi connectivity index (χ0v) is 10.7. The van der Waals surface area contributed by atoms with Crippen LogP contribution in [0.1, 0.15) is 0 Å². The van der Waals surface area contributed by atoms with E-state index in [0.717, 1.165) is 0 Å². The van der Waals surface area contributed by atoms with Gasteiger partial charge in [0.1, 0.15) is 0 Å². The number of benzene rings is 2. The summed E-state index contributed by atoms with van der Waals surface area (Å²) in [5, 5.41) is 0. The molecular formula is C12H12Cl2Fe. The van der Waals surface area contributed by atoms with Gasteiger partial charge in [-0.2, -0.15) is 0 Å². The Morgan fingerprint density at radius 1 is 0.400 bits per heavy atom.